The lowest BCUT2D eigenvalue weighted by molar-refractivity contribution is -0.136. The quantitative estimate of drug-likeness (QED) is 0.916. The molecule has 0 aliphatic rings. The first-order chi connectivity index (χ1) is 10.1. The van der Waals surface area contributed by atoms with Crippen LogP contribution in [0.3, 0.4) is 0 Å². The van der Waals surface area contributed by atoms with Crippen LogP contribution >= 0.6 is 11.8 Å². The number of carbonyl (C=O) groups is 1. The first kappa shape index (κ1) is 14.9. The Labute approximate surface area is 127 Å². The number of nitriles is 1. The standard InChI is InChI=1S/C16H13NO3S/c1-20-14-8-12(9-16(18)19)4-7-15(14)21-13-5-2-11(10-17)3-6-13/h2-8H,9H2,1H3,(H,18,19). The first-order valence-electron chi connectivity index (χ1n) is 6.19. The molecule has 0 heterocycles. The number of methoxy groups -OCH3 is 1. The van der Waals surface area contributed by atoms with Gasteiger partial charge in [-0.25, -0.2) is 0 Å². The maximum absolute atomic E-state index is 10.7. The van der Waals surface area contributed by atoms with Crippen LogP contribution in [0.4, 0.5) is 0 Å². The van der Waals surface area contributed by atoms with Gasteiger partial charge in [0.15, 0.2) is 0 Å². The Kier molecular flexibility index (Phi) is 4.85. The predicted molar refractivity (Wildman–Crippen MR) is 79.6 cm³/mol. The normalized spacial score (nSPS) is 9.90. The van der Waals surface area contributed by atoms with Crippen LogP contribution in [-0.2, 0) is 11.2 Å². The van der Waals surface area contributed by atoms with Crippen LogP contribution in [0.25, 0.3) is 0 Å². The predicted octanol–water partition coefficient (Wildman–Crippen LogP) is 3.35. The molecule has 2 aromatic rings. The zero-order chi connectivity index (χ0) is 15.2. The summed E-state index contributed by atoms with van der Waals surface area (Å²) in [5.41, 5.74) is 1.31. The highest BCUT2D eigenvalue weighted by atomic mass is 32.2. The van der Waals surface area contributed by atoms with Crippen molar-refractivity contribution in [2.24, 2.45) is 0 Å². The number of rotatable bonds is 5. The van der Waals surface area contributed by atoms with E-state index in [0.29, 0.717) is 16.9 Å². The van der Waals surface area contributed by atoms with Crippen LogP contribution in [0.1, 0.15) is 11.1 Å². The molecule has 0 amide bonds. The average molecular weight is 299 g/mol. The first-order valence-corrected chi connectivity index (χ1v) is 7.00. The van der Waals surface area contributed by atoms with Crippen molar-refractivity contribution in [1.29, 1.82) is 5.26 Å². The highest BCUT2D eigenvalue weighted by Crippen LogP contribution is 2.35. The summed E-state index contributed by atoms with van der Waals surface area (Å²) >= 11 is 1.50. The van der Waals surface area contributed by atoms with Gasteiger partial charge in [-0.05, 0) is 42.0 Å². The summed E-state index contributed by atoms with van der Waals surface area (Å²) in [5, 5.41) is 17.6. The Balaban J connectivity index is 2.22. The molecule has 0 saturated heterocycles. The largest absolute Gasteiger partial charge is 0.496 e. The molecule has 21 heavy (non-hydrogen) atoms. The lowest BCUT2D eigenvalue weighted by atomic mass is 10.1. The maximum Gasteiger partial charge on any atom is 0.307 e. The number of nitrogens with zero attached hydrogens (tertiary/aromatic N) is 1. The number of ether oxygens (including phenoxy) is 1. The van der Waals surface area contributed by atoms with Crippen molar-refractivity contribution < 1.29 is 14.6 Å². The van der Waals surface area contributed by atoms with Gasteiger partial charge < -0.3 is 9.84 Å². The Hall–Kier alpha value is -2.45. The third-order valence-electron chi connectivity index (χ3n) is 2.79. The molecule has 106 valence electrons. The van der Waals surface area contributed by atoms with Crippen LogP contribution in [0.2, 0.25) is 0 Å². The smallest absolute Gasteiger partial charge is 0.307 e. The Morgan fingerprint density at radius 2 is 2.00 bits per heavy atom. The van der Waals surface area contributed by atoms with Gasteiger partial charge in [-0.2, -0.15) is 5.26 Å². The molecule has 0 radical (unpaired) electrons. The third-order valence-corrected chi connectivity index (χ3v) is 3.86. The van der Waals surface area contributed by atoms with Crippen molar-refractivity contribution in [2.75, 3.05) is 7.11 Å². The Bertz CT molecular complexity index is 690. The van der Waals surface area contributed by atoms with E-state index >= 15 is 0 Å². The zero-order valence-electron chi connectivity index (χ0n) is 11.4. The van der Waals surface area contributed by atoms with Gasteiger partial charge >= 0.3 is 5.97 Å². The molecule has 0 aromatic heterocycles. The Morgan fingerprint density at radius 3 is 2.57 bits per heavy atom. The van der Waals surface area contributed by atoms with Gasteiger partial charge in [0.2, 0.25) is 0 Å². The van der Waals surface area contributed by atoms with Crippen LogP contribution < -0.4 is 4.74 Å². The van der Waals surface area contributed by atoms with Gasteiger partial charge in [-0.1, -0.05) is 17.8 Å². The minimum Gasteiger partial charge on any atom is -0.496 e. The molecule has 4 nitrogen and oxygen atoms in total. The summed E-state index contributed by atoms with van der Waals surface area (Å²) in [6, 6.07) is 14.7. The molecule has 2 rings (SSSR count). The minimum absolute atomic E-state index is 0.0296. The van der Waals surface area contributed by atoms with E-state index in [0.717, 1.165) is 9.79 Å². The summed E-state index contributed by atoms with van der Waals surface area (Å²) in [6.07, 6.45) is -0.0296. The number of aliphatic carboxylic acids is 1. The second-order valence-corrected chi connectivity index (χ2v) is 5.41. The van der Waals surface area contributed by atoms with E-state index in [1.807, 2.05) is 18.2 Å². The number of benzene rings is 2. The summed E-state index contributed by atoms with van der Waals surface area (Å²) in [5.74, 6) is -0.229. The topological polar surface area (TPSA) is 70.3 Å². The summed E-state index contributed by atoms with van der Waals surface area (Å²) < 4.78 is 5.32. The van der Waals surface area contributed by atoms with Crippen molar-refractivity contribution in [3.05, 3.63) is 53.6 Å². The second-order valence-electron chi connectivity index (χ2n) is 4.29. The fourth-order valence-electron chi connectivity index (χ4n) is 1.81. The van der Waals surface area contributed by atoms with Crippen LogP contribution in [0, 0.1) is 11.3 Å². The fraction of sp³-hybridized carbons (Fsp3) is 0.125. The number of carboxylic acid groups (broad SMARTS) is 1. The van der Waals surface area contributed by atoms with Gasteiger partial charge in [0, 0.05) is 4.90 Å². The van der Waals surface area contributed by atoms with Crippen LogP contribution in [-0.4, -0.2) is 18.2 Å². The molecule has 0 spiro atoms. The Morgan fingerprint density at radius 1 is 1.29 bits per heavy atom. The van der Waals surface area contributed by atoms with Crippen molar-refractivity contribution in [3.8, 4) is 11.8 Å². The minimum atomic E-state index is -0.871. The van der Waals surface area contributed by atoms with Crippen molar-refractivity contribution in [3.63, 3.8) is 0 Å². The zero-order valence-corrected chi connectivity index (χ0v) is 12.2. The van der Waals surface area contributed by atoms with Crippen molar-refractivity contribution >= 4 is 17.7 Å². The molecule has 0 aliphatic heterocycles. The van der Waals surface area contributed by atoms with Crippen LogP contribution in [0.15, 0.2) is 52.3 Å². The van der Waals surface area contributed by atoms with E-state index in [9.17, 15) is 4.79 Å². The van der Waals surface area contributed by atoms with Gasteiger partial charge in [-0.3, -0.25) is 4.79 Å². The number of hydrogen-bond donors (Lipinski definition) is 1. The van der Waals surface area contributed by atoms with Gasteiger partial charge in [-0.15, -0.1) is 0 Å². The molecule has 0 bridgehead atoms. The molecule has 0 aliphatic carbocycles. The van der Waals surface area contributed by atoms with Gasteiger partial charge in [0.1, 0.15) is 5.75 Å². The molecule has 0 saturated carbocycles. The maximum atomic E-state index is 10.7. The third kappa shape index (κ3) is 4.01. The monoisotopic (exact) mass is 299 g/mol. The van der Waals surface area contributed by atoms with Gasteiger partial charge in [0.05, 0.1) is 30.1 Å². The SMILES string of the molecule is COc1cc(CC(=O)O)ccc1Sc1ccc(C#N)cc1. The summed E-state index contributed by atoms with van der Waals surface area (Å²) in [4.78, 5) is 12.6. The highest BCUT2D eigenvalue weighted by molar-refractivity contribution is 7.99. The van der Waals surface area contributed by atoms with E-state index in [1.165, 1.54) is 11.8 Å². The van der Waals surface area contributed by atoms with Crippen LogP contribution in [0.5, 0.6) is 5.75 Å². The van der Waals surface area contributed by atoms with E-state index < -0.39 is 5.97 Å². The number of carboxylic acids is 1. The molecular formula is C16H13NO3S. The van der Waals surface area contributed by atoms with E-state index in [2.05, 4.69) is 6.07 Å². The molecule has 0 unspecified atom stereocenters. The number of hydrogen-bond acceptors (Lipinski definition) is 4. The molecule has 1 N–H and O–H groups in total. The molecular weight excluding hydrogens is 286 g/mol. The second kappa shape index (κ2) is 6.82. The lowest BCUT2D eigenvalue weighted by Gasteiger charge is -2.10. The van der Waals surface area contributed by atoms with E-state index in [4.69, 9.17) is 15.1 Å². The van der Waals surface area contributed by atoms with Crippen molar-refractivity contribution in [2.45, 2.75) is 16.2 Å². The fourth-order valence-corrected chi connectivity index (χ4v) is 2.71. The molecule has 0 atom stereocenters. The van der Waals surface area contributed by atoms with E-state index in [-0.39, 0.29) is 6.42 Å². The average Bonchev–Trinajstić information content (AvgIpc) is 2.49. The molecule has 0 fully saturated rings. The van der Waals surface area contributed by atoms with Gasteiger partial charge in [0.25, 0.3) is 0 Å². The van der Waals surface area contributed by atoms with Crippen molar-refractivity contribution in [1.82, 2.24) is 0 Å². The van der Waals surface area contributed by atoms with E-state index in [1.54, 1.807) is 31.4 Å². The highest BCUT2D eigenvalue weighted by Gasteiger charge is 2.08. The lowest BCUT2D eigenvalue weighted by Crippen LogP contribution is -2.00. The molecule has 2 aromatic carbocycles. The molecule has 5 heteroatoms. The summed E-state index contributed by atoms with van der Waals surface area (Å²) in [6.45, 7) is 0. The summed E-state index contributed by atoms with van der Waals surface area (Å²) in [7, 11) is 1.56.